The standard InChI is InChI=1S/C26H41NO5/c1-23-8-5-20(32-16-19(28)14-27)13-17(23)3-4-22-21(23)6-9-24(2)25(29,10-11-26(22,24)30)18-7-12-31-15-18/h7,12,15,17,19-22,28-30H,3-6,8-11,13-14,16,27H2,1-2H3/t17?,19?,20?,21-,22-,23+,24-,25?,26-/m1/s1. The van der Waals surface area contributed by atoms with Crippen molar-refractivity contribution in [3.05, 3.63) is 24.2 Å². The largest absolute Gasteiger partial charge is 0.472 e. The summed E-state index contributed by atoms with van der Waals surface area (Å²) >= 11 is 0. The van der Waals surface area contributed by atoms with E-state index in [4.69, 9.17) is 14.9 Å². The van der Waals surface area contributed by atoms with Crippen molar-refractivity contribution in [2.75, 3.05) is 13.2 Å². The van der Waals surface area contributed by atoms with E-state index < -0.39 is 22.7 Å². The molecular weight excluding hydrogens is 406 g/mol. The Bertz CT molecular complexity index is 815. The van der Waals surface area contributed by atoms with Gasteiger partial charge in [-0.05, 0) is 87.0 Å². The van der Waals surface area contributed by atoms with Crippen molar-refractivity contribution in [2.24, 2.45) is 34.3 Å². The Labute approximate surface area is 191 Å². The molecule has 4 unspecified atom stereocenters. The predicted octanol–water partition coefficient (Wildman–Crippen LogP) is 3.33. The van der Waals surface area contributed by atoms with Crippen molar-refractivity contribution in [1.29, 1.82) is 0 Å². The van der Waals surface area contributed by atoms with Crippen LogP contribution < -0.4 is 5.73 Å². The van der Waals surface area contributed by atoms with Crippen LogP contribution in [0, 0.1) is 28.6 Å². The molecule has 4 saturated carbocycles. The summed E-state index contributed by atoms with van der Waals surface area (Å²) in [6.07, 6.45) is 11.2. The van der Waals surface area contributed by atoms with Crippen LogP contribution in [0.1, 0.15) is 77.2 Å². The lowest BCUT2D eigenvalue weighted by atomic mass is 9.43. The van der Waals surface area contributed by atoms with E-state index >= 15 is 0 Å². The fourth-order valence-electron chi connectivity index (χ4n) is 8.63. The summed E-state index contributed by atoms with van der Waals surface area (Å²) in [4.78, 5) is 0. The Morgan fingerprint density at radius 3 is 2.62 bits per heavy atom. The quantitative estimate of drug-likeness (QED) is 0.551. The third-order valence-corrected chi connectivity index (χ3v) is 10.7. The molecule has 180 valence electrons. The Morgan fingerprint density at radius 2 is 1.91 bits per heavy atom. The molecule has 0 aromatic carbocycles. The van der Waals surface area contributed by atoms with Gasteiger partial charge in [0.05, 0.1) is 36.9 Å². The smallest absolute Gasteiger partial charge is 0.101 e. The zero-order valence-corrected chi connectivity index (χ0v) is 19.6. The van der Waals surface area contributed by atoms with Crippen molar-refractivity contribution >= 4 is 0 Å². The molecule has 5 N–H and O–H groups in total. The minimum absolute atomic E-state index is 0.195. The molecule has 1 heterocycles. The Balaban J connectivity index is 1.36. The topological polar surface area (TPSA) is 109 Å². The van der Waals surface area contributed by atoms with Crippen LogP contribution in [0.2, 0.25) is 0 Å². The Hall–Kier alpha value is -0.920. The zero-order chi connectivity index (χ0) is 22.8. The summed E-state index contributed by atoms with van der Waals surface area (Å²) in [5.74, 6) is 1.28. The first kappa shape index (κ1) is 22.9. The molecule has 0 aliphatic heterocycles. The maximum atomic E-state index is 12.3. The lowest BCUT2D eigenvalue weighted by Crippen LogP contribution is -2.64. The molecule has 0 spiro atoms. The van der Waals surface area contributed by atoms with Crippen molar-refractivity contribution in [2.45, 2.75) is 95.0 Å². The van der Waals surface area contributed by atoms with Gasteiger partial charge in [0.2, 0.25) is 0 Å². The number of rotatable bonds is 5. The van der Waals surface area contributed by atoms with Gasteiger partial charge in [-0.25, -0.2) is 0 Å². The highest BCUT2D eigenvalue weighted by atomic mass is 16.5. The monoisotopic (exact) mass is 447 g/mol. The van der Waals surface area contributed by atoms with Gasteiger partial charge in [0.1, 0.15) is 5.60 Å². The molecule has 4 aliphatic carbocycles. The van der Waals surface area contributed by atoms with Gasteiger partial charge in [-0.15, -0.1) is 0 Å². The first-order valence-electron chi connectivity index (χ1n) is 12.6. The van der Waals surface area contributed by atoms with E-state index in [1.807, 2.05) is 6.07 Å². The van der Waals surface area contributed by atoms with Crippen LogP contribution >= 0.6 is 0 Å². The van der Waals surface area contributed by atoms with Gasteiger partial charge < -0.3 is 30.2 Å². The van der Waals surface area contributed by atoms with Crippen molar-refractivity contribution in [1.82, 2.24) is 0 Å². The third-order valence-electron chi connectivity index (χ3n) is 10.7. The number of fused-ring (bicyclic) bond motifs is 5. The van der Waals surface area contributed by atoms with Crippen molar-refractivity contribution < 1.29 is 24.5 Å². The van der Waals surface area contributed by atoms with E-state index in [2.05, 4.69) is 13.8 Å². The summed E-state index contributed by atoms with van der Waals surface area (Å²) in [6.45, 7) is 5.12. The summed E-state index contributed by atoms with van der Waals surface area (Å²) < 4.78 is 11.3. The maximum Gasteiger partial charge on any atom is 0.101 e. The third kappa shape index (κ3) is 3.02. The number of nitrogens with two attached hydrogens (primary N) is 1. The number of aliphatic hydroxyl groups is 3. The molecule has 32 heavy (non-hydrogen) atoms. The Morgan fingerprint density at radius 1 is 1.09 bits per heavy atom. The van der Waals surface area contributed by atoms with Gasteiger partial charge >= 0.3 is 0 Å². The normalized spacial score (nSPS) is 49.2. The van der Waals surface area contributed by atoms with Crippen molar-refractivity contribution in [3.63, 3.8) is 0 Å². The minimum Gasteiger partial charge on any atom is -0.472 e. The van der Waals surface area contributed by atoms with Gasteiger partial charge in [-0.2, -0.15) is 0 Å². The van der Waals surface area contributed by atoms with Gasteiger partial charge in [0.25, 0.3) is 0 Å². The lowest BCUT2D eigenvalue weighted by Gasteiger charge is -2.64. The fraction of sp³-hybridized carbons (Fsp3) is 0.846. The fourth-order valence-corrected chi connectivity index (χ4v) is 8.63. The second-order valence-corrected chi connectivity index (χ2v) is 11.8. The van der Waals surface area contributed by atoms with Crippen LogP contribution in [0.25, 0.3) is 0 Å². The molecule has 9 atom stereocenters. The van der Waals surface area contributed by atoms with Gasteiger partial charge in [-0.3, -0.25) is 0 Å². The molecule has 5 rings (SSSR count). The van der Waals surface area contributed by atoms with Crippen LogP contribution in [0.3, 0.4) is 0 Å². The molecule has 0 amide bonds. The second-order valence-electron chi connectivity index (χ2n) is 11.8. The average Bonchev–Trinajstić information content (AvgIpc) is 3.39. The van der Waals surface area contributed by atoms with Gasteiger partial charge in [0.15, 0.2) is 0 Å². The zero-order valence-electron chi connectivity index (χ0n) is 19.6. The number of hydrogen-bond donors (Lipinski definition) is 4. The van der Waals surface area contributed by atoms with Crippen molar-refractivity contribution in [3.8, 4) is 0 Å². The van der Waals surface area contributed by atoms with Crippen LogP contribution in [-0.4, -0.2) is 46.3 Å². The number of ether oxygens (including phenoxy) is 1. The van der Waals surface area contributed by atoms with E-state index in [1.54, 1.807) is 12.5 Å². The average molecular weight is 448 g/mol. The first-order valence-corrected chi connectivity index (χ1v) is 12.6. The molecule has 0 radical (unpaired) electrons. The minimum atomic E-state index is -1.03. The van der Waals surface area contributed by atoms with Crippen LogP contribution in [0.4, 0.5) is 0 Å². The van der Waals surface area contributed by atoms with Gasteiger partial charge in [0, 0.05) is 17.5 Å². The molecule has 4 fully saturated rings. The first-order chi connectivity index (χ1) is 15.2. The summed E-state index contributed by atoms with van der Waals surface area (Å²) in [7, 11) is 0. The molecule has 1 aromatic heterocycles. The molecule has 4 aliphatic rings. The molecule has 0 bridgehead atoms. The number of aliphatic hydroxyl groups excluding tert-OH is 1. The molecular formula is C26H41NO5. The lowest BCUT2D eigenvalue weighted by molar-refractivity contribution is -0.239. The predicted molar refractivity (Wildman–Crippen MR) is 121 cm³/mol. The van der Waals surface area contributed by atoms with E-state index in [-0.39, 0.29) is 24.0 Å². The molecule has 6 heteroatoms. The van der Waals surface area contributed by atoms with E-state index in [0.29, 0.717) is 31.3 Å². The van der Waals surface area contributed by atoms with E-state index in [9.17, 15) is 15.3 Å². The van der Waals surface area contributed by atoms with E-state index in [0.717, 1.165) is 50.5 Å². The molecule has 1 aromatic rings. The Kier molecular flexibility index (Phi) is 5.58. The summed E-state index contributed by atoms with van der Waals surface area (Å²) in [5, 5.41) is 33.9. The van der Waals surface area contributed by atoms with Crippen LogP contribution in [0.15, 0.2) is 23.0 Å². The SMILES string of the molecule is C[C@]12CCC(OCC(O)CN)CC1CC[C@@H]1[C@H]2CC[C@]2(C)C(O)(c3ccoc3)CC[C@@]12O. The van der Waals surface area contributed by atoms with Gasteiger partial charge in [-0.1, -0.05) is 13.8 Å². The maximum absolute atomic E-state index is 12.3. The highest BCUT2D eigenvalue weighted by Gasteiger charge is 2.72. The molecule has 6 nitrogen and oxygen atoms in total. The summed E-state index contributed by atoms with van der Waals surface area (Å²) in [5.41, 5.74) is 4.09. The van der Waals surface area contributed by atoms with Crippen LogP contribution in [-0.2, 0) is 10.3 Å². The van der Waals surface area contributed by atoms with E-state index in [1.165, 1.54) is 0 Å². The highest BCUT2D eigenvalue weighted by molar-refractivity contribution is 5.30. The second kappa shape index (κ2) is 7.81. The highest BCUT2D eigenvalue weighted by Crippen LogP contribution is 2.71. The molecule has 0 saturated heterocycles. The number of hydrogen-bond acceptors (Lipinski definition) is 6. The van der Waals surface area contributed by atoms with Crippen LogP contribution in [0.5, 0.6) is 0 Å². The summed E-state index contributed by atoms with van der Waals surface area (Å²) in [6, 6.07) is 1.87. The number of furan rings is 1.